The molecular weight excluding hydrogens is 238 g/mol. The standard InChI is InChI=1S/C16H23NO2/c1-12-6-7-15(17-8-4-3-5-9-17)14(10-12)11-13(2)16(18)19/h6-7,10,13H,3-5,8-9,11H2,1-2H3,(H,18,19). The molecule has 1 aromatic rings. The van der Waals surface area contributed by atoms with Crippen molar-refractivity contribution in [2.45, 2.75) is 39.5 Å². The lowest BCUT2D eigenvalue weighted by Gasteiger charge is -2.31. The first-order chi connectivity index (χ1) is 9.08. The van der Waals surface area contributed by atoms with Crippen LogP contribution in [0.3, 0.4) is 0 Å². The van der Waals surface area contributed by atoms with Gasteiger partial charge >= 0.3 is 5.97 Å². The van der Waals surface area contributed by atoms with Gasteiger partial charge in [-0.25, -0.2) is 0 Å². The van der Waals surface area contributed by atoms with Crippen molar-refractivity contribution < 1.29 is 9.90 Å². The highest BCUT2D eigenvalue weighted by Crippen LogP contribution is 2.27. The number of benzene rings is 1. The molecule has 1 aliphatic heterocycles. The zero-order valence-electron chi connectivity index (χ0n) is 11.9. The fraction of sp³-hybridized carbons (Fsp3) is 0.562. The van der Waals surface area contributed by atoms with E-state index in [4.69, 9.17) is 5.11 Å². The van der Waals surface area contributed by atoms with Gasteiger partial charge in [-0.1, -0.05) is 24.6 Å². The Bertz CT molecular complexity index is 450. The molecule has 1 fully saturated rings. The number of aryl methyl sites for hydroxylation is 1. The molecule has 1 atom stereocenters. The van der Waals surface area contributed by atoms with Crippen LogP contribution < -0.4 is 4.90 Å². The number of carbonyl (C=O) groups is 1. The number of rotatable bonds is 4. The first-order valence-electron chi connectivity index (χ1n) is 7.15. The van der Waals surface area contributed by atoms with Gasteiger partial charge in [-0.2, -0.15) is 0 Å². The first-order valence-corrected chi connectivity index (χ1v) is 7.15. The van der Waals surface area contributed by atoms with Gasteiger partial charge in [-0.3, -0.25) is 4.79 Å². The maximum atomic E-state index is 11.1. The molecule has 0 bridgehead atoms. The van der Waals surface area contributed by atoms with E-state index in [9.17, 15) is 4.79 Å². The van der Waals surface area contributed by atoms with E-state index in [0.29, 0.717) is 6.42 Å². The molecule has 104 valence electrons. The molecule has 0 saturated carbocycles. The van der Waals surface area contributed by atoms with Crippen LogP contribution in [0.4, 0.5) is 5.69 Å². The second-order valence-electron chi connectivity index (χ2n) is 5.62. The lowest BCUT2D eigenvalue weighted by atomic mass is 9.96. The third kappa shape index (κ3) is 3.49. The molecule has 0 radical (unpaired) electrons. The van der Waals surface area contributed by atoms with Crippen LogP contribution in [0.1, 0.15) is 37.3 Å². The molecule has 1 saturated heterocycles. The van der Waals surface area contributed by atoms with Gasteiger partial charge in [-0.15, -0.1) is 0 Å². The Morgan fingerprint density at radius 1 is 1.32 bits per heavy atom. The molecule has 0 aliphatic carbocycles. The van der Waals surface area contributed by atoms with Crippen molar-refractivity contribution in [3.8, 4) is 0 Å². The molecule has 1 heterocycles. The quantitative estimate of drug-likeness (QED) is 0.904. The lowest BCUT2D eigenvalue weighted by Crippen LogP contribution is -2.30. The zero-order valence-corrected chi connectivity index (χ0v) is 11.9. The van der Waals surface area contributed by atoms with E-state index in [1.165, 1.54) is 36.1 Å². The van der Waals surface area contributed by atoms with Crippen molar-refractivity contribution in [2.75, 3.05) is 18.0 Å². The molecule has 0 spiro atoms. The fourth-order valence-corrected chi connectivity index (χ4v) is 2.74. The Morgan fingerprint density at radius 2 is 2.00 bits per heavy atom. The maximum Gasteiger partial charge on any atom is 0.306 e. The van der Waals surface area contributed by atoms with Gasteiger partial charge in [0.05, 0.1) is 5.92 Å². The topological polar surface area (TPSA) is 40.5 Å². The minimum Gasteiger partial charge on any atom is -0.481 e. The number of anilines is 1. The van der Waals surface area contributed by atoms with E-state index < -0.39 is 5.97 Å². The number of nitrogens with zero attached hydrogens (tertiary/aromatic N) is 1. The number of hydrogen-bond acceptors (Lipinski definition) is 2. The van der Waals surface area contributed by atoms with Gasteiger partial charge in [0.25, 0.3) is 0 Å². The fourth-order valence-electron chi connectivity index (χ4n) is 2.74. The van der Waals surface area contributed by atoms with Crippen molar-refractivity contribution in [1.82, 2.24) is 0 Å². The average molecular weight is 261 g/mol. The van der Waals surface area contributed by atoms with Crippen molar-refractivity contribution in [3.05, 3.63) is 29.3 Å². The predicted molar refractivity (Wildman–Crippen MR) is 77.7 cm³/mol. The summed E-state index contributed by atoms with van der Waals surface area (Å²) in [6.07, 6.45) is 4.40. The molecule has 1 aromatic carbocycles. The van der Waals surface area contributed by atoms with Gasteiger partial charge in [0.1, 0.15) is 0 Å². The Morgan fingerprint density at radius 3 is 2.63 bits per heavy atom. The van der Waals surface area contributed by atoms with Crippen LogP contribution in [0, 0.1) is 12.8 Å². The second-order valence-corrected chi connectivity index (χ2v) is 5.62. The molecule has 0 aromatic heterocycles. The highest BCUT2D eigenvalue weighted by atomic mass is 16.4. The monoisotopic (exact) mass is 261 g/mol. The van der Waals surface area contributed by atoms with E-state index >= 15 is 0 Å². The summed E-state index contributed by atoms with van der Waals surface area (Å²) < 4.78 is 0. The highest BCUT2D eigenvalue weighted by Gasteiger charge is 2.18. The summed E-state index contributed by atoms with van der Waals surface area (Å²) in [5.41, 5.74) is 3.61. The summed E-state index contributed by atoms with van der Waals surface area (Å²) in [5, 5.41) is 9.10. The summed E-state index contributed by atoms with van der Waals surface area (Å²) in [6, 6.07) is 6.42. The Balaban J connectivity index is 2.24. The summed E-state index contributed by atoms with van der Waals surface area (Å²) in [6.45, 7) is 6.04. The third-order valence-electron chi connectivity index (χ3n) is 3.88. The summed E-state index contributed by atoms with van der Waals surface area (Å²) >= 11 is 0. The number of aliphatic carboxylic acids is 1. The van der Waals surface area contributed by atoms with E-state index in [1.54, 1.807) is 6.92 Å². The lowest BCUT2D eigenvalue weighted by molar-refractivity contribution is -0.141. The van der Waals surface area contributed by atoms with E-state index in [0.717, 1.165) is 13.1 Å². The van der Waals surface area contributed by atoms with E-state index in [1.807, 2.05) is 0 Å². The van der Waals surface area contributed by atoms with Crippen molar-refractivity contribution >= 4 is 11.7 Å². The summed E-state index contributed by atoms with van der Waals surface area (Å²) in [4.78, 5) is 13.5. The van der Waals surface area contributed by atoms with Crippen LogP contribution >= 0.6 is 0 Å². The minimum absolute atomic E-state index is 0.328. The Labute approximate surface area is 115 Å². The third-order valence-corrected chi connectivity index (χ3v) is 3.88. The number of piperidine rings is 1. The first kappa shape index (κ1) is 13.9. The van der Waals surface area contributed by atoms with Crippen LogP contribution in [-0.2, 0) is 11.2 Å². The van der Waals surface area contributed by atoms with Gasteiger partial charge in [0.15, 0.2) is 0 Å². The summed E-state index contributed by atoms with van der Waals surface area (Å²) in [7, 11) is 0. The van der Waals surface area contributed by atoms with E-state index in [2.05, 4.69) is 30.0 Å². The predicted octanol–water partition coefficient (Wildman–Crippen LogP) is 3.25. The molecule has 2 rings (SSSR count). The van der Waals surface area contributed by atoms with Gasteiger partial charge in [0, 0.05) is 18.8 Å². The van der Waals surface area contributed by atoms with Gasteiger partial charge in [-0.05, 0) is 44.2 Å². The molecule has 1 unspecified atom stereocenters. The average Bonchev–Trinajstić information content (AvgIpc) is 2.39. The minimum atomic E-state index is -0.717. The number of carboxylic acids is 1. The molecule has 3 nitrogen and oxygen atoms in total. The molecule has 1 N–H and O–H groups in total. The van der Waals surface area contributed by atoms with Gasteiger partial charge in [0.2, 0.25) is 0 Å². The van der Waals surface area contributed by atoms with E-state index in [-0.39, 0.29) is 5.92 Å². The highest BCUT2D eigenvalue weighted by molar-refractivity contribution is 5.70. The van der Waals surface area contributed by atoms with Crippen LogP contribution in [-0.4, -0.2) is 24.2 Å². The largest absolute Gasteiger partial charge is 0.481 e. The molecule has 0 amide bonds. The number of carboxylic acid groups (broad SMARTS) is 1. The molecule has 19 heavy (non-hydrogen) atoms. The van der Waals surface area contributed by atoms with Gasteiger partial charge < -0.3 is 10.0 Å². The second kappa shape index (κ2) is 6.09. The smallest absolute Gasteiger partial charge is 0.306 e. The zero-order chi connectivity index (χ0) is 13.8. The van der Waals surface area contributed by atoms with Crippen LogP contribution in [0.25, 0.3) is 0 Å². The maximum absolute atomic E-state index is 11.1. The van der Waals surface area contributed by atoms with Crippen LogP contribution in [0.5, 0.6) is 0 Å². The SMILES string of the molecule is Cc1ccc(N2CCCCC2)c(CC(C)C(=O)O)c1. The van der Waals surface area contributed by atoms with Crippen LogP contribution in [0.15, 0.2) is 18.2 Å². The Kier molecular flexibility index (Phi) is 4.46. The normalized spacial score (nSPS) is 17.3. The van der Waals surface area contributed by atoms with Crippen LogP contribution in [0.2, 0.25) is 0 Å². The number of hydrogen-bond donors (Lipinski definition) is 1. The van der Waals surface area contributed by atoms with Crippen molar-refractivity contribution in [2.24, 2.45) is 5.92 Å². The molecule has 1 aliphatic rings. The van der Waals surface area contributed by atoms with Crippen molar-refractivity contribution in [1.29, 1.82) is 0 Å². The molecule has 3 heteroatoms. The summed E-state index contributed by atoms with van der Waals surface area (Å²) in [5.74, 6) is -1.04. The Hall–Kier alpha value is -1.51. The van der Waals surface area contributed by atoms with Crippen molar-refractivity contribution in [3.63, 3.8) is 0 Å². The molecular formula is C16H23NO2.